The molecule has 2 aromatic rings. The average molecular weight is 451 g/mol. The highest BCUT2D eigenvalue weighted by Crippen LogP contribution is 2.52. The van der Waals surface area contributed by atoms with Crippen molar-refractivity contribution in [3.63, 3.8) is 0 Å². The molecule has 32 heavy (non-hydrogen) atoms. The maximum Gasteiger partial charge on any atom is 0.227 e. The third kappa shape index (κ3) is 3.90. The molecule has 6 heteroatoms. The summed E-state index contributed by atoms with van der Waals surface area (Å²) >= 11 is 1.63. The maximum absolute atomic E-state index is 12.9. The number of rotatable bonds is 7. The van der Waals surface area contributed by atoms with Crippen LogP contribution in [-0.4, -0.2) is 42.5 Å². The van der Waals surface area contributed by atoms with Gasteiger partial charge in [0.05, 0.1) is 25.2 Å². The van der Waals surface area contributed by atoms with Crippen LogP contribution in [0.3, 0.4) is 0 Å². The third-order valence-corrected chi connectivity index (χ3v) is 8.11. The number of likely N-dealkylation sites (tertiary alicyclic amines) is 1. The van der Waals surface area contributed by atoms with Gasteiger partial charge in [0.2, 0.25) is 11.8 Å². The number of carbonyl (C=O) groups is 2. The molecule has 3 aliphatic rings. The Balaban J connectivity index is 1.39. The average Bonchev–Trinajstić information content (AvgIpc) is 3.50. The summed E-state index contributed by atoms with van der Waals surface area (Å²) in [5, 5.41) is 5.33. The summed E-state index contributed by atoms with van der Waals surface area (Å²) in [5.74, 6) is 0.476. The van der Waals surface area contributed by atoms with Crippen molar-refractivity contribution >= 4 is 23.2 Å². The number of piperidine rings is 1. The van der Waals surface area contributed by atoms with Crippen molar-refractivity contribution in [2.75, 3.05) is 19.7 Å². The predicted molar refractivity (Wildman–Crippen MR) is 126 cm³/mol. The van der Waals surface area contributed by atoms with Crippen molar-refractivity contribution in [3.05, 3.63) is 70.4 Å². The molecule has 1 spiro atoms. The van der Waals surface area contributed by atoms with Crippen LogP contribution in [0.1, 0.15) is 47.7 Å². The maximum atomic E-state index is 12.9. The van der Waals surface area contributed by atoms with Gasteiger partial charge in [-0.15, -0.1) is 17.9 Å². The molecule has 1 aliphatic heterocycles. The minimum absolute atomic E-state index is 0.137. The first-order chi connectivity index (χ1) is 15.6. The van der Waals surface area contributed by atoms with Crippen LogP contribution >= 0.6 is 11.3 Å². The fourth-order valence-corrected chi connectivity index (χ4v) is 6.13. The van der Waals surface area contributed by atoms with Gasteiger partial charge in [0.25, 0.3) is 0 Å². The number of nitrogens with zero attached hydrogens (tertiary/aromatic N) is 1. The molecule has 2 aliphatic carbocycles. The summed E-state index contributed by atoms with van der Waals surface area (Å²) in [5.41, 5.74) is 2.22. The Morgan fingerprint density at radius 3 is 2.66 bits per heavy atom. The van der Waals surface area contributed by atoms with Gasteiger partial charge in [0, 0.05) is 29.3 Å². The first-order valence-electron chi connectivity index (χ1n) is 11.5. The summed E-state index contributed by atoms with van der Waals surface area (Å²) in [6.07, 6.45) is 5.70. The highest BCUT2D eigenvalue weighted by atomic mass is 32.1. The Labute approximate surface area is 193 Å². The van der Waals surface area contributed by atoms with Crippen LogP contribution in [0.4, 0.5) is 0 Å². The van der Waals surface area contributed by atoms with E-state index in [-0.39, 0.29) is 35.3 Å². The van der Waals surface area contributed by atoms with Crippen LogP contribution in [0, 0.1) is 5.92 Å². The molecular weight excluding hydrogens is 420 g/mol. The van der Waals surface area contributed by atoms with Crippen LogP contribution in [0.5, 0.6) is 0 Å². The molecular formula is C26H30N2O3S. The second kappa shape index (κ2) is 8.83. The van der Waals surface area contributed by atoms with Gasteiger partial charge in [-0.2, -0.15) is 0 Å². The van der Waals surface area contributed by atoms with Crippen molar-refractivity contribution in [1.82, 2.24) is 10.2 Å². The number of ether oxygens (including phenoxy) is 1. The van der Waals surface area contributed by atoms with Crippen molar-refractivity contribution in [2.45, 2.75) is 49.7 Å². The van der Waals surface area contributed by atoms with Crippen LogP contribution in [0.25, 0.3) is 0 Å². The standard InChI is InChI=1S/C26H30N2O3S/c1-2-15-31-24-23(27-25(30)18-9-10-18)20-7-3-4-8-21(20)26(24)11-13-28(14-12-26)22(29)17-19-6-5-16-32-19/h2-8,16,18,23-24H,1,9-15,17H2,(H,27,30)/t23-,24+/m1/s1. The second-order valence-corrected chi connectivity index (χ2v) is 10.2. The first-order valence-corrected chi connectivity index (χ1v) is 12.4. The van der Waals surface area contributed by atoms with Crippen LogP contribution < -0.4 is 5.32 Å². The molecule has 1 N–H and O–H groups in total. The third-order valence-electron chi connectivity index (χ3n) is 7.23. The minimum atomic E-state index is -0.208. The van der Waals surface area contributed by atoms with Gasteiger partial charge in [-0.3, -0.25) is 9.59 Å². The van der Waals surface area contributed by atoms with Crippen molar-refractivity contribution < 1.29 is 14.3 Å². The number of hydrogen-bond acceptors (Lipinski definition) is 4. The van der Waals surface area contributed by atoms with Gasteiger partial charge < -0.3 is 15.0 Å². The monoisotopic (exact) mass is 450 g/mol. The predicted octanol–water partition coefficient (Wildman–Crippen LogP) is 4.00. The Morgan fingerprint density at radius 2 is 1.97 bits per heavy atom. The lowest BCUT2D eigenvalue weighted by atomic mass is 9.71. The summed E-state index contributed by atoms with van der Waals surface area (Å²) in [6.45, 7) is 5.68. The van der Waals surface area contributed by atoms with E-state index in [1.807, 2.05) is 28.5 Å². The van der Waals surface area contributed by atoms with Gasteiger partial charge in [0.15, 0.2) is 0 Å². The molecule has 2 amide bonds. The lowest BCUT2D eigenvalue weighted by Gasteiger charge is -2.44. The van der Waals surface area contributed by atoms with Gasteiger partial charge in [-0.1, -0.05) is 36.4 Å². The van der Waals surface area contributed by atoms with E-state index in [1.54, 1.807) is 17.4 Å². The Bertz CT molecular complexity index is 990. The molecule has 1 aromatic carbocycles. The number of thiophene rings is 1. The smallest absolute Gasteiger partial charge is 0.227 e. The molecule has 2 heterocycles. The number of carbonyl (C=O) groups excluding carboxylic acids is 2. The highest BCUT2D eigenvalue weighted by molar-refractivity contribution is 7.10. The highest BCUT2D eigenvalue weighted by Gasteiger charge is 2.55. The van der Waals surface area contributed by atoms with Gasteiger partial charge in [-0.25, -0.2) is 0 Å². The zero-order valence-electron chi connectivity index (χ0n) is 18.3. The van der Waals surface area contributed by atoms with Gasteiger partial charge in [0.1, 0.15) is 0 Å². The molecule has 5 rings (SSSR count). The van der Waals surface area contributed by atoms with E-state index in [1.165, 1.54) is 5.56 Å². The van der Waals surface area contributed by atoms with Crippen LogP contribution in [0.15, 0.2) is 54.4 Å². The summed E-state index contributed by atoms with van der Waals surface area (Å²) < 4.78 is 6.39. The lowest BCUT2D eigenvalue weighted by molar-refractivity contribution is -0.133. The molecule has 2 fully saturated rings. The topological polar surface area (TPSA) is 58.6 Å². The fourth-order valence-electron chi connectivity index (χ4n) is 5.44. The van der Waals surface area contributed by atoms with E-state index < -0.39 is 0 Å². The van der Waals surface area contributed by atoms with Gasteiger partial charge in [-0.05, 0) is 48.3 Å². The summed E-state index contributed by atoms with van der Waals surface area (Å²) in [4.78, 5) is 28.7. The van der Waals surface area contributed by atoms with Crippen molar-refractivity contribution in [1.29, 1.82) is 0 Å². The number of benzene rings is 1. The number of hydrogen-bond donors (Lipinski definition) is 1. The van der Waals surface area contributed by atoms with Gasteiger partial charge >= 0.3 is 0 Å². The second-order valence-electron chi connectivity index (χ2n) is 9.18. The zero-order valence-corrected chi connectivity index (χ0v) is 19.1. The number of nitrogens with one attached hydrogen (secondary N) is 1. The molecule has 168 valence electrons. The molecule has 5 nitrogen and oxygen atoms in total. The van der Waals surface area contributed by atoms with E-state index in [0.717, 1.165) is 36.1 Å². The molecule has 1 aromatic heterocycles. The van der Waals surface area contributed by atoms with Crippen LogP contribution in [0.2, 0.25) is 0 Å². The SMILES string of the molecule is C=CCO[C@H]1[C@H](NC(=O)C2CC2)c2ccccc2C12CCN(C(=O)Cc1cccs1)CC2. The lowest BCUT2D eigenvalue weighted by Crippen LogP contribution is -2.52. The van der Waals surface area contributed by atoms with E-state index in [2.05, 4.69) is 30.1 Å². The van der Waals surface area contributed by atoms with E-state index in [0.29, 0.717) is 26.1 Å². The number of fused-ring (bicyclic) bond motifs is 2. The molecule has 0 radical (unpaired) electrons. The summed E-state index contributed by atoms with van der Waals surface area (Å²) in [6, 6.07) is 12.3. The Morgan fingerprint density at radius 1 is 1.19 bits per heavy atom. The van der Waals surface area contributed by atoms with Crippen molar-refractivity contribution in [2.24, 2.45) is 5.92 Å². The molecule has 1 saturated heterocycles. The fraction of sp³-hybridized carbons (Fsp3) is 0.462. The normalized spacial score (nSPS) is 23.7. The van der Waals surface area contributed by atoms with E-state index >= 15 is 0 Å². The largest absolute Gasteiger partial charge is 0.371 e. The zero-order chi connectivity index (χ0) is 22.1. The first kappa shape index (κ1) is 21.4. The van der Waals surface area contributed by atoms with E-state index in [4.69, 9.17) is 4.74 Å². The van der Waals surface area contributed by atoms with Crippen LogP contribution in [-0.2, 0) is 26.2 Å². The molecule has 0 unspecified atom stereocenters. The number of amides is 2. The summed E-state index contributed by atoms with van der Waals surface area (Å²) in [7, 11) is 0. The Kier molecular flexibility index (Phi) is 5.91. The molecule has 0 bridgehead atoms. The van der Waals surface area contributed by atoms with E-state index in [9.17, 15) is 9.59 Å². The quantitative estimate of drug-likeness (QED) is 0.649. The minimum Gasteiger partial charge on any atom is -0.371 e. The Hall–Kier alpha value is -2.44. The van der Waals surface area contributed by atoms with Crippen molar-refractivity contribution in [3.8, 4) is 0 Å². The molecule has 2 atom stereocenters. The molecule has 1 saturated carbocycles.